The van der Waals surface area contributed by atoms with Gasteiger partial charge in [-0.3, -0.25) is 9.36 Å². The van der Waals surface area contributed by atoms with E-state index in [1.807, 2.05) is 6.07 Å². The van der Waals surface area contributed by atoms with Gasteiger partial charge in [0, 0.05) is 11.1 Å². The Kier molecular flexibility index (Phi) is 5.04. The Bertz CT molecular complexity index is 927. The second-order valence-corrected chi connectivity index (χ2v) is 6.10. The van der Waals surface area contributed by atoms with Gasteiger partial charge < -0.3 is 9.84 Å². The van der Waals surface area contributed by atoms with E-state index in [1.165, 1.54) is 10.9 Å². The Hall–Kier alpha value is -2.08. The largest absolute Gasteiger partial charge is 0.489 e. The van der Waals surface area contributed by atoms with Crippen LogP contribution in [0.4, 0.5) is 0 Å². The SMILES string of the molecule is O=c1c2ccccc2ncn1CC(O)COc1cc(Cl)ccc1Cl. The third kappa shape index (κ3) is 3.70. The van der Waals surface area contributed by atoms with E-state index >= 15 is 0 Å². The number of para-hydroxylation sites is 1. The van der Waals surface area contributed by atoms with Crippen molar-refractivity contribution in [3.63, 3.8) is 0 Å². The molecule has 0 amide bonds. The summed E-state index contributed by atoms with van der Waals surface area (Å²) in [5, 5.41) is 11.5. The summed E-state index contributed by atoms with van der Waals surface area (Å²) in [6.07, 6.45) is 0.515. The molecule has 1 heterocycles. The number of halogens is 2. The first kappa shape index (κ1) is 16.8. The normalized spacial score (nSPS) is 12.3. The fraction of sp³-hybridized carbons (Fsp3) is 0.176. The minimum atomic E-state index is -0.902. The number of fused-ring (bicyclic) bond motifs is 1. The summed E-state index contributed by atoms with van der Waals surface area (Å²) in [4.78, 5) is 16.6. The third-order valence-electron chi connectivity index (χ3n) is 3.46. The molecule has 0 aliphatic carbocycles. The van der Waals surface area contributed by atoms with Crippen LogP contribution in [0.3, 0.4) is 0 Å². The van der Waals surface area contributed by atoms with E-state index in [9.17, 15) is 9.90 Å². The van der Waals surface area contributed by atoms with Crippen molar-refractivity contribution < 1.29 is 9.84 Å². The van der Waals surface area contributed by atoms with Gasteiger partial charge in [-0.05, 0) is 24.3 Å². The smallest absolute Gasteiger partial charge is 0.261 e. The highest BCUT2D eigenvalue weighted by molar-refractivity contribution is 6.34. The molecule has 0 radical (unpaired) electrons. The van der Waals surface area contributed by atoms with E-state index in [0.29, 0.717) is 26.7 Å². The maximum atomic E-state index is 12.4. The Morgan fingerprint density at radius 3 is 2.83 bits per heavy atom. The first-order valence-electron chi connectivity index (χ1n) is 7.24. The molecule has 7 heteroatoms. The van der Waals surface area contributed by atoms with Crippen molar-refractivity contribution >= 4 is 34.1 Å². The van der Waals surface area contributed by atoms with Crippen LogP contribution >= 0.6 is 23.2 Å². The van der Waals surface area contributed by atoms with Crippen LogP contribution in [-0.2, 0) is 6.54 Å². The summed E-state index contributed by atoms with van der Waals surface area (Å²) in [7, 11) is 0. The molecule has 2 aromatic carbocycles. The zero-order valence-corrected chi connectivity index (χ0v) is 14.0. The summed E-state index contributed by atoms with van der Waals surface area (Å²) in [5.74, 6) is 0.382. The van der Waals surface area contributed by atoms with Crippen molar-refractivity contribution in [3.05, 3.63) is 69.2 Å². The number of hydrogen-bond acceptors (Lipinski definition) is 4. The van der Waals surface area contributed by atoms with Crippen LogP contribution in [0.1, 0.15) is 0 Å². The highest BCUT2D eigenvalue weighted by Crippen LogP contribution is 2.27. The molecule has 0 aliphatic heterocycles. The molecule has 124 valence electrons. The average Bonchev–Trinajstić information content (AvgIpc) is 2.58. The number of rotatable bonds is 5. The molecule has 3 rings (SSSR count). The lowest BCUT2D eigenvalue weighted by atomic mass is 10.2. The molecule has 5 nitrogen and oxygen atoms in total. The zero-order chi connectivity index (χ0) is 17.1. The fourth-order valence-electron chi connectivity index (χ4n) is 2.29. The Labute approximate surface area is 148 Å². The molecule has 1 aromatic heterocycles. The van der Waals surface area contributed by atoms with Gasteiger partial charge in [0.15, 0.2) is 0 Å². The molecular formula is C17H14Cl2N2O3. The number of hydrogen-bond donors (Lipinski definition) is 1. The third-order valence-corrected chi connectivity index (χ3v) is 4.01. The minimum absolute atomic E-state index is 0.0284. The van der Waals surface area contributed by atoms with Gasteiger partial charge in [-0.1, -0.05) is 35.3 Å². The molecule has 0 saturated carbocycles. The van der Waals surface area contributed by atoms with E-state index in [-0.39, 0.29) is 18.7 Å². The molecular weight excluding hydrogens is 351 g/mol. The summed E-state index contributed by atoms with van der Waals surface area (Å²) in [6.45, 7) is 0.0359. The van der Waals surface area contributed by atoms with Crippen LogP contribution in [0, 0.1) is 0 Å². The Morgan fingerprint density at radius 1 is 1.21 bits per heavy atom. The predicted molar refractivity (Wildman–Crippen MR) is 94.0 cm³/mol. The van der Waals surface area contributed by atoms with Gasteiger partial charge in [0.05, 0.1) is 28.8 Å². The average molecular weight is 365 g/mol. The second kappa shape index (κ2) is 7.21. The van der Waals surface area contributed by atoms with Crippen molar-refractivity contribution in [1.29, 1.82) is 0 Å². The number of aliphatic hydroxyl groups excluding tert-OH is 1. The molecule has 1 atom stereocenters. The summed E-state index contributed by atoms with van der Waals surface area (Å²) in [5.41, 5.74) is 0.413. The summed E-state index contributed by atoms with van der Waals surface area (Å²) < 4.78 is 6.83. The molecule has 0 spiro atoms. The van der Waals surface area contributed by atoms with Crippen LogP contribution in [0.5, 0.6) is 5.75 Å². The molecule has 0 fully saturated rings. The maximum Gasteiger partial charge on any atom is 0.261 e. The Balaban J connectivity index is 1.71. The van der Waals surface area contributed by atoms with Crippen molar-refractivity contribution in [3.8, 4) is 5.75 Å². The van der Waals surface area contributed by atoms with Gasteiger partial charge in [0.2, 0.25) is 0 Å². The van der Waals surface area contributed by atoms with Crippen LogP contribution in [0.25, 0.3) is 10.9 Å². The predicted octanol–water partition coefficient (Wildman–Crippen LogP) is 3.14. The number of ether oxygens (including phenoxy) is 1. The second-order valence-electron chi connectivity index (χ2n) is 5.26. The van der Waals surface area contributed by atoms with Gasteiger partial charge >= 0.3 is 0 Å². The van der Waals surface area contributed by atoms with Crippen LogP contribution in [-0.4, -0.2) is 27.4 Å². The van der Waals surface area contributed by atoms with E-state index in [2.05, 4.69) is 4.98 Å². The van der Waals surface area contributed by atoms with Gasteiger partial charge in [0.25, 0.3) is 5.56 Å². The van der Waals surface area contributed by atoms with Gasteiger partial charge in [-0.15, -0.1) is 0 Å². The summed E-state index contributed by atoms with van der Waals surface area (Å²) in [6, 6.07) is 11.9. The molecule has 1 unspecified atom stereocenters. The first-order valence-corrected chi connectivity index (χ1v) is 8.00. The standard InChI is InChI=1S/C17H14Cl2N2O3/c18-11-5-6-14(19)16(7-11)24-9-12(22)8-21-10-20-15-4-2-1-3-13(15)17(21)23/h1-7,10,12,22H,8-9H2. The zero-order valence-electron chi connectivity index (χ0n) is 12.5. The van der Waals surface area contributed by atoms with Crippen LogP contribution in [0.15, 0.2) is 53.6 Å². The van der Waals surface area contributed by atoms with Crippen LogP contribution < -0.4 is 10.3 Å². The van der Waals surface area contributed by atoms with Crippen molar-refractivity contribution in [1.82, 2.24) is 9.55 Å². The van der Waals surface area contributed by atoms with Crippen molar-refractivity contribution in [2.45, 2.75) is 12.6 Å². The monoisotopic (exact) mass is 364 g/mol. The number of benzene rings is 2. The van der Waals surface area contributed by atoms with E-state index in [1.54, 1.807) is 36.4 Å². The van der Waals surface area contributed by atoms with Gasteiger partial charge in [-0.2, -0.15) is 0 Å². The lowest BCUT2D eigenvalue weighted by Crippen LogP contribution is -2.30. The molecule has 3 aromatic rings. The number of aliphatic hydroxyl groups is 1. The van der Waals surface area contributed by atoms with E-state index in [4.69, 9.17) is 27.9 Å². The highest BCUT2D eigenvalue weighted by Gasteiger charge is 2.11. The number of nitrogens with zero attached hydrogens (tertiary/aromatic N) is 2. The topological polar surface area (TPSA) is 64.4 Å². The lowest BCUT2D eigenvalue weighted by molar-refractivity contribution is 0.0915. The van der Waals surface area contributed by atoms with Crippen molar-refractivity contribution in [2.24, 2.45) is 0 Å². The molecule has 1 N–H and O–H groups in total. The van der Waals surface area contributed by atoms with Gasteiger partial charge in [0.1, 0.15) is 18.5 Å². The van der Waals surface area contributed by atoms with E-state index in [0.717, 1.165) is 0 Å². The molecule has 0 aliphatic rings. The highest BCUT2D eigenvalue weighted by atomic mass is 35.5. The Morgan fingerprint density at radius 2 is 2.00 bits per heavy atom. The van der Waals surface area contributed by atoms with E-state index < -0.39 is 6.10 Å². The lowest BCUT2D eigenvalue weighted by Gasteiger charge is -2.15. The molecule has 0 saturated heterocycles. The number of aromatic nitrogens is 2. The van der Waals surface area contributed by atoms with Gasteiger partial charge in [-0.25, -0.2) is 4.98 Å². The quantitative estimate of drug-likeness (QED) is 0.755. The first-order chi connectivity index (χ1) is 11.5. The minimum Gasteiger partial charge on any atom is -0.489 e. The molecule has 0 bridgehead atoms. The summed E-state index contributed by atoms with van der Waals surface area (Å²) >= 11 is 11.9. The maximum absolute atomic E-state index is 12.4. The molecule has 24 heavy (non-hydrogen) atoms. The van der Waals surface area contributed by atoms with Crippen LogP contribution in [0.2, 0.25) is 10.0 Å². The fourth-order valence-corrected chi connectivity index (χ4v) is 2.62. The van der Waals surface area contributed by atoms with Crippen molar-refractivity contribution in [2.75, 3.05) is 6.61 Å².